The Balaban J connectivity index is 5.00. The van der Waals surface area contributed by atoms with Gasteiger partial charge >= 0.3 is 24.6 Å². The lowest BCUT2D eigenvalue weighted by Crippen LogP contribution is -2.36. The van der Waals surface area contributed by atoms with E-state index in [0.717, 1.165) is 32.1 Å². The van der Waals surface area contributed by atoms with Crippen molar-refractivity contribution in [1.29, 1.82) is 0 Å². The van der Waals surface area contributed by atoms with Gasteiger partial charge in [-0.2, -0.15) is 0 Å². The van der Waals surface area contributed by atoms with Crippen molar-refractivity contribution >= 4 is 24.6 Å². The Bertz CT molecular complexity index is 603. The first-order valence-corrected chi connectivity index (χ1v) is 10.3. The summed E-state index contributed by atoms with van der Waals surface area (Å²) in [6.07, 6.45) is -0.992. The molecule has 0 saturated carbocycles. The maximum atomic E-state index is 11.1. The molecule has 0 aromatic carbocycles. The molecule has 0 amide bonds. The van der Waals surface area contributed by atoms with Crippen LogP contribution in [-0.4, -0.2) is 70.0 Å². The van der Waals surface area contributed by atoms with E-state index in [1.807, 2.05) is 12.2 Å². The zero-order valence-electron chi connectivity index (χ0n) is 18.0. The van der Waals surface area contributed by atoms with Crippen LogP contribution in [0.1, 0.15) is 64.7 Å². The van der Waals surface area contributed by atoms with Crippen molar-refractivity contribution in [2.75, 3.05) is 6.61 Å². The fraction of sp³-hybridized carbons (Fsp3) is 0.700. The van der Waals surface area contributed by atoms with Crippen LogP contribution in [0.4, 0.5) is 19.2 Å². The van der Waals surface area contributed by atoms with E-state index in [9.17, 15) is 19.2 Å². The second-order valence-corrected chi connectivity index (χ2v) is 6.90. The molecule has 4 N–H and O–H groups in total. The minimum Gasteiger partial charge on any atom is -0.450 e. The Labute approximate surface area is 185 Å². The van der Waals surface area contributed by atoms with Crippen molar-refractivity contribution in [2.45, 2.75) is 83.0 Å². The van der Waals surface area contributed by atoms with Crippen LogP contribution < -0.4 is 0 Å². The highest BCUT2D eigenvalue weighted by Crippen LogP contribution is 2.19. The Morgan fingerprint density at radius 3 is 1.78 bits per heavy atom. The molecule has 0 heterocycles. The van der Waals surface area contributed by atoms with Crippen LogP contribution in [0, 0.1) is 0 Å². The summed E-state index contributed by atoms with van der Waals surface area (Å²) in [4.78, 5) is 43.4. The molecular formula is C20H32O12. The summed E-state index contributed by atoms with van der Waals surface area (Å²) in [5, 5.41) is 35.3. The summed E-state index contributed by atoms with van der Waals surface area (Å²) in [6, 6.07) is 0. The molecule has 0 aliphatic heterocycles. The maximum absolute atomic E-state index is 11.1. The Morgan fingerprint density at radius 1 is 0.688 bits per heavy atom. The summed E-state index contributed by atoms with van der Waals surface area (Å²) in [5.41, 5.74) is 0. The number of carbonyl (C=O) groups is 4. The first-order valence-electron chi connectivity index (χ1n) is 10.3. The van der Waals surface area contributed by atoms with Crippen LogP contribution >= 0.6 is 0 Å². The second kappa shape index (κ2) is 17.5. The van der Waals surface area contributed by atoms with E-state index < -0.39 is 49.5 Å². The van der Waals surface area contributed by atoms with Gasteiger partial charge in [0, 0.05) is 0 Å². The van der Waals surface area contributed by atoms with Crippen LogP contribution in [0.25, 0.3) is 0 Å². The monoisotopic (exact) mass is 464 g/mol. The highest BCUT2D eigenvalue weighted by atomic mass is 16.7. The van der Waals surface area contributed by atoms with E-state index in [1.165, 1.54) is 0 Å². The molecule has 3 unspecified atom stereocenters. The van der Waals surface area contributed by atoms with Crippen molar-refractivity contribution in [1.82, 2.24) is 0 Å². The topological polar surface area (TPSA) is 186 Å². The minimum atomic E-state index is -1.68. The third kappa shape index (κ3) is 16.6. The van der Waals surface area contributed by atoms with Crippen LogP contribution in [0.3, 0.4) is 0 Å². The number of carboxylic acid groups (broad SMARTS) is 4. The van der Waals surface area contributed by atoms with Crippen molar-refractivity contribution in [3.05, 3.63) is 12.2 Å². The number of rotatable bonds is 17. The summed E-state index contributed by atoms with van der Waals surface area (Å²) < 4.78 is 18.4. The molecule has 3 atom stereocenters. The van der Waals surface area contributed by atoms with Crippen LogP contribution in [0.5, 0.6) is 0 Å². The lowest BCUT2D eigenvalue weighted by molar-refractivity contribution is -0.0544. The molecule has 12 heteroatoms. The standard InChI is InChI=1S/C20H32O12/c1-2-3-4-5-6-7-8-9-10-15(31-19(25)26)16(32-20(27)28)12-11-14(30-18(23)24)13-29-17(21)22/h7-8,14-16H,2-6,9-13H2,1H3,(H,21,22)(H,23,24)(H,25,26)(H,27,28). The van der Waals surface area contributed by atoms with Crippen LogP contribution in [0.15, 0.2) is 12.2 Å². The van der Waals surface area contributed by atoms with Crippen molar-refractivity contribution < 1.29 is 58.6 Å². The lowest BCUT2D eigenvalue weighted by Gasteiger charge is -2.26. The summed E-state index contributed by atoms with van der Waals surface area (Å²) in [5.74, 6) is 0. The molecule has 184 valence electrons. The summed E-state index contributed by atoms with van der Waals surface area (Å²) in [6.45, 7) is 1.50. The molecule has 0 rings (SSSR count). The van der Waals surface area contributed by atoms with E-state index in [2.05, 4.69) is 16.4 Å². The smallest absolute Gasteiger partial charge is 0.450 e. The average Bonchev–Trinajstić information content (AvgIpc) is 2.69. The fourth-order valence-electron chi connectivity index (χ4n) is 2.92. The molecule has 0 aliphatic rings. The number of unbranched alkanes of at least 4 members (excludes halogenated alkanes) is 4. The van der Waals surface area contributed by atoms with E-state index >= 15 is 0 Å². The minimum absolute atomic E-state index is 0.131. The summed E-state index contributed by atoms with van der Waals surface area (Å²) in [7, 11) is 0. The Hall–Kier alpha value is -3.18. The van der Waals surface area contributed by atoms with Gasteiger partial charge in [-0.25, -0.2) is 19.2 Å². The molecule has 32 heavy (non-hydrogen) atoms. The predicted molar refractivity (Wildman–Crippen MR) is 109 cm³/mol. The van der Waals surface area contributed by atoms with Crippen LogP contribution in [-0.2, 0) is 18.9 Å². The van der Waals surface area contributed by atoms with Gasteiger partial charge in [0.1, 0.15) is 24.9 Å². The Morgan fingerprint density at radius 2 is 1.25 bits per heavy atom. The van der Waals surface area contributed by atoms with Gasteiger partial charge in [0.05, 0.1) is 0 Å². The highest BCUT2D eigenvalue weighted by molar-refractivity contribution is 5.59. The largest absolute Gasteiger partial charge is 0.506 e. The van der Waals surface area contributed by atoms with Gasteiger partial charge in [0.2, 0.25) is 0 Å². The average molecular weight is 464 g/mol. The molecule has 0 bridgehead atoms. The van der Waals surface area contributed by atoms with E-state index in [-0.39, 0.29) is 19.3 Å². The predicted octanol–water partition coefficient (Wildman–Crippen LogP) is 4.96. The molecule has 0 fully saturated rings. The number of hydrogen-bond acceptors (Lipinski definition) is 8. The molecule has 0 spiro atoms. The Kier molecular flexibility index (Phi) is 15.8. The maximum Gasteiger partial charge on any atom is 0.506 e. The van der Waals surface area contributed by atoms with E-state index in [4.69, 9.17) is 29.9 Å². The highest BCUT2D eigenvalue weighted by Gasteiger charge is 2.30. The first-order chi connectivity index (χ1) is 15.1. The van der Waals surface area contributed by atoms with Gasteiger partial charge in [-0.05, 0) is 38.5 Å². The molecule has 0 aliphatic carbocycles. The van der Waals surface area contributed by atoms with Gasteiger partial charge in [0.15, 0.2) is 0 Å². The van der Waals surface area contributed by atoms with Crippen molar-refractivity contribution in [3.63, 3.8) is 0 Å². The van der Waals surface area contributed by atoms with E-state index in [0.29, 0.717) is 6.42 Å². The zero-order chi connectivity index (χ0) is 24.4. The van der Waals surface area contributed by atoms with Crippen LogP contribution in [0.2, 0.25) is 0 Å². The third-order valence-corrected chi connectivity index (χ3v) is 4.36. The fourth-order valence-corrected chi connectivity index (χ4v) is 2.92. The second-order valence-electron chi connectivity index (χ2n) is 6.90. The van der Waals surface area contributed by atoms with Crippen molar-refractivity contribution in [3.8, 4) is 0 Å². The molecular weight excluding hydrogens is 432 g/mol. The van der Waals surface area contributed by atoms with Gasteiger partial charge in [-0.1, -0.05) is 38.3 Å². The molecule has 0 aromatic rings. The molecule has 12 nitrogen and oxygen atoms in total. The lowest BCUT2D eigenvalue weighted by atomic mass is 10.0. The third-order valence-electron chi connectivity index (χ3n) is 4.36. The van der Waals surface area contributed by atoms with Crippen molar-refractivity contribution in [2.24, 2.45) is 0 Å². The summed E-state index contributed by atoms with van der Waals surface area (Å²) >= 11 is 0. The normalized spacial score (nSPS) is 13.7. The SMILES string of the molecule is CCCCCCC=CCCC(OC(=O)O)C(CCC(COC(=O)O)OC(=O)O)OC(=O)O. The number of hydrogen-bond donors (Lipinski definition) is 4. The molecule has 0 radical (unpaired) electrons. The van der Waals surface area contributed by atoms with Gasteiger partial charge < -0.3 is 39.4 Å². The first kappa shape index (κ1) is 28.8. The van der Waals surface area contributed by atoms with Gasteiger partial charge in [-0.15, -0.1) is 0 Å². The number of ether oxygens (including phenoxy) is 4. The quantitative estimate of drug-likeness (QED) is 0.0982. The van der Waals surface area contributed by atoms with Gasteiger partial charge in [0.25, 0.3) is 0 Å². The van der Waals surface area contributed by atoms with E-state index in [1.54, 1.807) is 0 Å². The zero-order valence-corrected chi connectivity index (χ0v) is 18.0. The molecule has 0 aromatic heterocycles. The number of allylic oxidation sites excluding steroid dienone is 2. The van der Waals surface area contributed by atoms with Gasteiger partial charge in [-0.3, -0.25) is 0 Å². The molecule has 0 saturated heterocycles.